The van der Waals surface area contributed by atoms with Gasteiger partial charge in [0.15, 0.2) is 0 Å². The molecule has 0 atom stereocenters. The maximum atomic E-state index is 12.4. The van der Waals surface area contributed by atoms with Crippen LogP contribution >= 0.6 is 0 Å². The van der Waals surface area contributed by atoms with E-state index < -0.39 is 6.09 Å². The molecule has 0 spiro atoms. The van der Waals surface area contributed by atoms with Crippen molar-refractivity contribution in [2.45, 2.75) is 18.9 Å². The van der Waals surface area contributed by atoms with E-state index in [0.29, 0.717) is 11.4 Å². The smallest absolute Gasteiger partial charge is 0.410 e. The molecular weight excluding hydrogens is 332 g/mol. The van der Waals surface area contributed by atoms with E-state index in [1.807, 2.05) is 12.1 Å². The van der Waals surface area contributed by atoms with Gasteiger partial charge >= 0.3 is 12.1 Å². The fourth-order valence-corrected chi connectivity index (χ4v) is 2.31. The Morgan fingerprint density at radius 2 is 1.92 bits per heavy atom. The standard InChI is InChI=1S/C19H18N4O3/c20-11-12-23(16-6-2-1-3-7-16)19(25)26-17-8-4-5-15(13-17)22-18(24)21-14-9-10-14/h1-8,13-14H,9-10,12H2,(H2,21,22,24). The van der Waals surface area contributed by atoms with Gasteiger partial charge in [0.05, 0.1) is 6.07 Å². The number of para-hydroxylation sites is 1. The molecule has 0 aromatic heterocycles. The topological polar surface area (TPSA) is 94.5 Å². The number of benzene rings is 2. The van der Waals surface area contributed by atoms with E-state index in [1.165, 1.54) is 4.90 Å². The van der Waals surface area contributed by atoms with Gasteiger partial charge in [-0.3, -0.25) is 4.90 Å². The van der Waals surface area contributed by atoms with Crippen LogP contribution in [0.5, 0.6) is 5.75 Å². The molecule has 0 bridgehead atoms. The third-order valence-electron chi connectivity index (χ3n) is 3.73. The number of hydrogen-bond donors (Lipinski definition) is 2. The van der Waals surface area contributed by atoms with Crippen molar-refractivity contribution >= 4 is 23.5 Å². The number of carbonyl (C=O) groups is 2. The first-order valence-electron chi connectivity index (χ1n) is 8.24. The maximum Gasteiger partial charge on any atom is 0.420 e. The van der Waals surface area contributed by atoms with Crippen molar-refractivity contribution in [1.82, 2.24) is 5.32 Å². The second-order valence-corrected chi connectivity index (χ2v) is 5.85. The van der Waals surface area contributed by atoms with Crippen molar-refractivity contribution in [2.75, 3.05) is 16.8 Å². The number of anilines is 2. The largest absolute Gasteiger partial charge is 0.420 e. The summed E-state index contributed by atoms with van der Waals surface area (Å²) in [6, 6.07) is 17.3. The first-order chi connectivity index (χ1) is 12.7. The molecule has 26 heavy (non-hydrogen) atoms. The molecule has 2 N–H and O–H groups in total. The van der Waals surface area contributed by atoms with Gasteiger partial charge in [0, 0.05) is 23.5 Å². The summed E-state index contributed by atoms with van der Waals surface area (Å²) < 4.78 is 5.36. The summed E-state index contributed by atoms with van der Waals surface area (Å²) in [6.45, 7) is -0.134. The van der Waals surface area contributed by atoms with Gasteiger partial charge in [-0.15, -0.1) is 0 Å². The number of nitrogens with zero attached hydrogens (tertiary/aromatic N) is 2. The van der Waals surface area contributed by atoms with Crippen molar-refractivity contribution in [2.24, 2.45) is 0 Å². The van der Waals surface area contributed by atoms with E-state index in [1.54, 1.807) is 48.5 Å². The number of hydrogen-bond acceptors (Lipinski definition) is 4. The van der Waals surface area contributed by atoms with Gasteiger partial charge in [0.25, 0.3) is 0 Å². The van der Waals surface area contributed by atoms with Gasteiger partial charge in [-0.25, -0.2) is 9.59 Å². The van der Waals surface area contributed by atoms with E-state index in [0.717, 1.165) is 12.8 Å². The molecule has 0 heterocycles. The SMILES string of the molecule is N#CCN(C(=O)Oc1cccc(NC(=O)NC2CC2)c1)c1ccccc1. The van der Waals surface area contributed by atoms with Gasteiger partial charge in [-0.2, -0.15) is 5.26 Å². The minimum atomic E-state index is -0.669. The van der Waals surface area contributed by atoms with Gasteiger partial charge in [-0.05, 0) is 37.1 Å². The normalized spacial score (nSPS) is 12.6. The van der Waals surface area contributed by atoms with Crippen LogP contribution in [0.4, 0.5) is 21.0 Å². The average molecular weight is 350 g/mol. The molecule has 1 fully saturated rings. The van der Waals surface area contributed by atoms with Gasteiger partial charge in [0.1, 0.15) is 12.3 Å². The van der Waals surface area contributed by atoms with Crippen LogP contribution in [0.1, 0.15) is 12.8 Å². The Morgan fingerprint density at radius 1 is 1.15 bits per heavy atom. The Balaban J connectivity index is 1.66. The average Bonchev–Trinajstić information content (AvgIpc) is 3.44. The molecule has 7 nitrogen and oxygen atoms in total. The lowest BCUT2D eigenvalue weighted by Crippen LogP contribution is -2.34. The number of nitriles is 1. The predicted molar refractivity (Wildman–Crippen MR) is 97.0 cm³/mol. The number of carbonyl (C=O) groups excluding carboxylic acids is 2. The Bertz CT molecular complexity index is 828. The lowest BCUT2D eigenvalue weighted by Gasteiger charge is -2.19. The molecule has 0 aliphatic heterocycles. The van der Waals surface area contributed by atoms with Crippen LogP contribution in [-0.4, -0.2) is 24.7 Å². The van der Waals surface area contributed by atoms with Crippen LogP contribution in [0.15, 0.2) is 54.6 Å². The van der Waals surface area contributed by atoms with Crippen molar-refractivity contribution in [1.29, 1.82) is 5.26 Å². The molecular formula is C19H18N4O3. The number of ether oxygens (including phenoxy) is 1. The number of rotatable bonds is 5. The van der Waals surface area contributed by atoms with Gasteiger partial charge < -0.3 is 15.4 Å². The summed E-state index contributed by atoms with van der Waals surface area (Å²) >= 11 is 0. The van der Waals surface area contributed by atoms with Gasteiger partial charge in [0.2, 0.25) is 0 Å². The van der Waals surface area contributed by atoms with E-state index in [2.05, 4.69) is 10.6 Å². The molecule has 0 saturated heterocycles. The molecule has 1 aliphatic carbocycles. The van der Waals surface area contributed by atoms with Crippen LogP contribution in [0.3, 0.4) is 0 Å². The zero-order chi connectivity index (χ0) is 18.4. The van der Waals surface area contributed by atoms with Crippen molar-refractivity contribution in [3.05, 3.63) is 54.6 Å². The summed E-state index contributed by atoms with van der Waals surface area (Å²) in [5.74, 6) is 0.276. The molecule has 0 unspecified atom stereocenters. The third kappa shape index (κ3) is 4.74. The first kappa shape index (κ1) is 17.3. The minimum absolute atomic E-state index is 0.134. The zero-order valence-electron chi connectivity index (χ0n) is 14.0. The summed E-state index contributed by atoms with van der Waals surface area (Å²) in [5, 5.41) is 14.5. The first-order valence-corrected chi connectivity index (χ1v) is 8.24. The highest BCUT2D eigenvalue weighted by Gasteiger charge is 2.23. The molecule has 1 saturated carbocycles. The summed E-state index contributed by atoms with van der Waals surface area (Å²) in [5.41, 5.74) is 1.08. The van der Waals surface area contributed by atoms with E-state index in [4.69, 9.17) is 10.00 Å². The molecule has 0 radical (unpaired) electrons. The summed E-state index contributed by atoms with van der Waals surface area (Å²) in [4.78, 5) is 25.5. The fraction of sp³-hybridized carbons (Fsp3) is 0.211. The highest BCUT2D eigenvalue weighted by Crippen LogP contribution is 2.21. The number of urea groups is 1. The molecule has 2 aromatic carbocycles. The van der Waals surface area contributed by atoms with Crippen molar-refractivity contribution in [3.63, 3.8) is 0 Å². The van der Waals surface area contributed by atoms with E-state index in [9.17, 15) is 9.59 Å². The molecule has 132 valence electrons. The highest BCUT2D eigenvalue weighted by molar-refractivity contribution is 5.91. The van der Waals surface area contributed by atoms with E-state index >= 15 is 0 Å². The minimum Gasteiger partial charge on any atom is -0.410 e. The zero-order valence-corrected chi connectivity index (χ0v) is 14.0. The van der Waals surface area contributed by atoms with Crippen LogP contribution in [0.25, 0.3) is 0 Å². The Morgan fingerprint density at radius 3 is 2.62 bits per heavy atom. The second-order valence-electron chi connectivity index (χ2n) is 5.85. The highest BCUT2D eigenvalue weighted by atomic mass is 16.6. The summed E-state index contributed by atoms with van der Waals surface area (Å²) in [6.07, 6.45) is 1.33. The van der Waals surface area contributed by atoms with Crippen molar-refractivity contribution < 1.29 is 14.3 Å². The van der Waals surface area contributed by atoms with Crippen LogP contribution in [0, 0.1) is 11.3 Å². The quantitative estimate of drug-likeness (QED) is 0.807. The lowest BCUT2D eigenvalue weighted by atomic mass is 10.3. The molecule has 1 aliphatic rings. The second kappa shape index (κ2) is 8.03. The lowest BCUT2D eigenvalue weighted by molar-refractivity contribution is 0.208. The van der Waals surface area contributed by atoms with Crippen molar-refractivity contribution in [3.8, 4) is 11.8 Å². The van der Waals surface area contributed by atoms with E-state index in [-0.39, 0.29) is 24.4 Å². The monoisotopic (exact) mass is 350 g/mol. The summed E-state index contributed by atoms with van der Waals surface area (Å²) in [7, 11) is 0. The Kier molecular flexibility index (Phi) is 5.34. The Hall–Kier alpha value is -3.53. The van der Waals surface area contributed by atoms with Crippen LogP contribution in [-0.2, 0) is 0 Å². The fourth-order valence-electron chi connectivity index (χ4n) is 2.31. The Labute approximate surface area is 151 Å². The molecule has 7 heteroatoms. The molecule has 3 rings (SSSR count). The number of amides is 3. The maximum absolute atomic E-state index is 12.4. The van der Waals surface area contributed by atoms with Gasteiger partial charge in [-0.1, -0.05) is 24.3 Å². The van der Waals surface area contributed by atoms with Crippen LogP contribution in [0.2, 0.25) is 0 Å². The van der Waals surface area contributed by atoms with Crippen LogP contribution < -0.4 is 20.3 Å². The predicted octanol–water partition coefficient (Wildman–Crippen LogP) is 3.50. The number of nitrogens with one attached hydrogen (secondary N) is 2. The molecule has 3 amide bonds. The molecule has 2 aromatic rings. The third-order valence-corrected chi connectivity index (χ3v) is 3.73.